The van der Waals surface area contributed by atoms with Crippen LogP contribution in [0, 0.1) is 0 Å². The number of carboxylic acid groups (broad SMARTS) is 2. The van der Waals surface area contributed by atoms with Crippen LogP contribution in [0.15, 0.2) is 122 Å². The Hall–Kier alpha value is -6.16. The molecular formula is C32H26N2O8. The lowest BCUT2D eigenvalue weighted by Gasteiger charge is -2.07. The van der Waals surface area contributed by atoms with Crippen molar-refractivity contribution in [1.29, 1.82) is 0 Å². The molecule has 0 saturated heterocycles. The fraction of sp³-hybridized carbons (Fsp3) is 0. The number of aromatic carboxylic acids is 2. The highest BCUT2D eigenvalue weighted by Gasteiger charge is 2.04. The number of para-hydroxylation sites is 4. The largest absolute Gasteiger partial charge is 0.872 e. The van der Waals surface area contributed by atoms with E-state index in [-0.39, 0.29) is 11.1 Å². The van der Waals surface area contributed by atoms with Crippen molar-refractivity contribution in [3.8, 4) is 23.0 Å². The third-order valence-corrected chi connectivity index (χ3v) is 5.58. The van der Waals surface area contributed by atoms with E-state index >= 15 is 0 Å². The number of hydrogen-bond donors (Lipinski definition) is 4. The number of phenolic OH excluding ortho intramolecular Hbond substituents is 2. The lowest BCUT2D eigenvalue weighted by molar-refractivity contribution is -0.345. The molecule has 4 aromatic carbocycles. The molecule has 42 heavy (non-hydrogen) atoms. The minimum atomic E-state index is -1.18. The van der Waals surface area contributed by atoms with E-state index in [2.05, 4.69) is 9.97 Å². The van der Waals surface area contributed by atoms with Crippen LogP contribution in [-0.2, 0) is 0 Å². The maximum absolute atomic E-state index is 10.7. The van der Waals surface area contributed by atoms with Gasteiger partial charge in [-0.1, -0.05) is 60.0 Å². The van der Waals surface area contributed by atoms with Gasteiger partial charge in [0.2, 0.25) is 0 Å². The van der Waals surface area contributed by atoms with Crippen molar-refractivity contribution in [2.45, 2.75) is 0 Å². The van der Waals surface area contributed by atoms with Gasteiger partial charge in [-0.3, -0.25) is 0 Å². The fourth-order valence-electron chi connectivity index (χ4n) is 3.56. The number of fused-ring (bicyclic) bond motifs is 2. The average Bonchev–Trinajstić information content (AvgIpc) is 2.99. The van der Waals surface area contributed by atoms with Crippen molar-refractivity contribution >= 4 is 33.7 Å². The number of benzene rings is 4. The van der Waals surface area contributed by atoms with Gasteiger partial charge < -0.3 is 30.6 Å². The number of phenols is 2. The number of nitrogens with one attached hydrogen (secondary N) is 2. The van der Waals surface area contributed by atoms with Crippen LogP contribution < -0.4 is 20.2 Å². The van der Waals surface area contributed by atoms with Crippen LogP contribution in [0.2, 0.25) is 0 Å². The second-order valence-corrected chi connectivity index (χ2v) is 8.43. The predicted molar refractivity (Wildman–Crippen MR) is 150 cm³/mol. The van der Waals surface area contributed by atoms with E-state index in [1.165, 1.54) is 48.5 Å². The summed E-state index contributed by atoms with van der Waals surface area (Å²) < 4.78 is 0. The Bertz CT molecular complexity index is 1660. The summed E-state index contributed by atoms with van der Waals surface area (Å²) in [6.45, 7) is 0. The zero-order valence-corrected chi connectivity index (χ0v) is 22.0. The molecule has 0 aliphatic carbocycles. The maximum atomic E-state index is 10.7. The Morgan fingerprint density at radius 2 is 0.857 bits per heavy atom. The van der Waals surface area contributed by atoms with E-state index in [0.29, 0.717) is 11.5 Å². The van der Waals surface area contributed by atoms with E-state index in [0.717, 1.165) is 21.8 Å². The highest BCUT2D eigenvalue weighted by atomic mass is 16.4. The van der Waals surface area contributed by atoms with Gasteiger partial charge in [-0.15, -0.1) is 0 Å². The zero-order valence-electron chi connectivity index (χ0n) is 22.0. The van der Waals surface area contributed by atoms with Gasteiger partial charge in [0.25, 0.3) is 11.0 Å². The Morgan fingerprint density at radius 3 is 1.17 bits per heavy atom. The van der Waals surface area contributed by atoms with Crippen molar-refractivity contribution in [1.82, 2.24) is 0 Å². The molecule has 6 rings (SSSR count). The first kappa shape index (κ1) is 30.4. The number of pyridine rings is 2. The summed E-state index contributed by atoms with van der Waals surface area (Å²) in [6, 6.07) is 29.7. The Balaban J connectivity index is 0.000000154. The minimum Gasteiger partial charge on any atom is -0.872 e. The third-order valence-electron chi connectivity index (χ3n) is 5.58. The highest BCUT2D eigenvalue weighted by molar-refractivity contribution is 5.90. The van der Waals surface area contributed by atoms with E-state index in [1.807, 2.05) is 48.5 Å². The SMILES string of the molecule is O=C(O)c1ccccc1[O-].O=C(O)c1ccccc1[O-].Oc1cccc2ccc[nH+]c12.Oc1cccc2ccc[nH+]c12. The molecule has 10 heteroatoms. The van der Waals surface area contributed by atoms with Crippen molar-refractivity contribution in [3.05, 3.63) is 133 Å². The number of aromatic amines is 2. The standard InChI is InChI=1S/2C9H7NO.2C7H6O3/c2*11-8-5-1-3-7-4-2-6-10-9(7)8;2*8-6-4-2-1-3-5(6)7(9)10/h2*1-6,11H;2*1-4,8H,(H,9,10). The summed E-state index contributed by atoms with van der Waals surface area (Å²) >= 11 is 0. The third kappa shape index (κ3) is 8.42. The van der Waals surface area contributed by atoms with Crippen molar-refractivity contribution in [3.63, 3.8) is 0 Å². The molecule has 0 fully saturated rings. The van der Waals surface area contributed by atoms with Crippen LogP contribution in [0.25, 0.3) is 21.8 Å². The molecule has 6 aromatic rings. The van der Waals surface area contributed by atoms with Crippen LogP contribution in [0.3, 0.4) is 0 Å². The van der Waals surface area contributed by atoms with E-state index < -0.39 is 23.4 Å². The normalized spacial score (nSPS) is 9.71. The smallest absolute Gasteiger partial charge is 0.335 e. The molecule has 212 valence electrons. The Morgan fingerprint density at radius 1 is 0.500 bits per heavy atom. The van der Waals surface area contributed by atoms with Crippen molar-refractivity contribution < 1.29 is 50.2 Å². The number of carbonyl (C=O) groups is 2. The van der Waals surface area contributed by atoms with Crippen LogP contribution in [0.4, 0.5) is 0 Å². The van der Waals surface area contributed by atoms with Crippen LogP contribution in [0.1, 0.15) is 20.7 Å². The maximum Gasteiger partial charge on any atom is 0.335 e. The summed E-state index contributed by atoms with van der Waals surface area (Å²) in [5.41, 5.74) is 1.22. The molecule has 0 saturated carbocycles. The molecule has 0 aliphatic rings. The first-order valence-corrected chi connectivity index (χ1v) is 12.3. The first-order valence-electron chi connectivity index (χ1n) is 12.3. The van der Waals surface area contributed by atoms with Gasteiger partial charge in [-0.2, -0.15) is 0 Å². The molecule has 10 nitrogen and oxygen atoms in total. The number of aromatic hydroxyl groups is 2. The van der Waals surface area contributed by atoms with E-state index in [4.69, 9.17) is 10.2 Å². The summed E-state index contributed by atoms with van der Waals surface area (Å²) in [6.07, 6.45) is 3.59. The Labute approximate surface area is 239 Å². The number of carboxylic acids is 2. The fourth-order valence-corrected chi connectivity index (χ4v) is 3.56. The molecule has 2 aromatic heterocycles. The summed E-state index contributed by atoms with van der Waals surface area (Å²) in [4.78, 5) is 26.4. The quantitative estimate of drug-likeness (QED) is 0.244. The molecule has 2 heterocycles. The van der Waals surface area contributed by atoms with Crippen molar-refractivity contribution in [2.75, 3.05) is 0 Å². The number of aromatic nitrogens is 2. The van der Waals surface area contributed by atoms with Crippen molar-refractivity contribution in [2.24, 2.45) is 0 Å². The van der Waals surface area contributed by atoms with Gasteiger partial charge >= 0.3 is 11.9 Å². The van der Waals surface area contributed by atoms with Gasteiger partial charge in [0.1, 0.15) is 0 Å². The number of rotatable bonds is 2. The average molecular weight is 567 g/mol. The van der Waals surface area contributed by atoms with Gasteiger partial charge in [0.15, 0.2) is 23.9 Å². The first-order chi connectivity index (χ1) is 20.2. The summed E-state index contributed by atoms with van der Waals surface area (Å²) in [5, 5.41) is 58.8. The highest BCUT2D eigenvalue weighted by Crippen LogP contribution is 2.19. The van der Waals surface area contributed by atoms with E-state index in [1.54, 1.807) is 24.5 Å². The molecule has 0 bridgehead atoms. The van der Waals surface area contributed by atoms with Gasteiger partial charge in [-0.05, 0) is 48.5 Å². The molecule has 6 N–H and O–H groups in total. The zero-order chi connectivity index (χ0) is 30.5. The molecule has 0 atom stereocenters. The molecule has 0 unspecified atom stereocenters. The van der Waals surface area contributed by atoms with Gasteiger partial charge in [-0.25, -0.2) is 19.6 Å². The molecule has 0 amide bonds. The summed E-state index contributed by atoms with van der Waals surface area (Å²) in [7, 11) is 0. The molecule has 0 aliphatic heterocycles. The van der Waals surface area contributed by atoms with Crippen LogP contribution in [0.5, 0.6) is 23.0 Å². The molecular weight excluding hydrogens is 540 g/mol. The van der Waals surface area contributed by atoms with Gasteiger partial charge in [0, 0.05) is 12.1 Å². The van der Waals surface area contributed by atoms with Crippen LogP contribution in [-0.4, -0.2) is 32.4 Å². The Kier molecular flexibility index (Phi) is 10.7. The lowest BCUT2D eigenvalue weighted by atomic mass is 10.2. The monoisotopic (exact) mass is 566 g/mol. The second-order valence-electron chi connectivity index (χ2n) is 8.43. The molecule has 0 radical (unpaired) electrons. The van der Waals surface area contributed by atoms with E-state index in [9.17, 15) is 30.0 Å². The van der Waals surface area contributed by atoms with Gasteiger partial charge in [0.05, 0.1) is 21.9 Å². The number of hydrogen-bond acceptors (Lipinski definition) is 6. The topological polar surface area (TPSA) is 189 Å². The van der Waals surface area contributed by atoms with Crippen LogP contribution >= 0.6 is 0 Å². The molecule has 0 spiro atoms. The lowest BCUT2D eigenvalue weighted by Crippen LogP contribution is -2.02. The summed E-state index contributed by atoms with van der Waals surface area (Å²) in [5.74, 6) is -2.66. The predicted octanol–water partition coefficient (Wildman–Crippen LogP) is 3.64. The second kappa shape index (κ2) is 14.8. The minimum absolute atomic E-state index is 0.178. The number of H-pyrrole nitrogens is 2.